The summed E-state index contributed by atoms with van der Waals surface area (Å²) < 4.78 is 5.82. The quantitative estimate of drug-likeness (QED) is 0.790. The molecule has 3 atom stereocenters. The van der Waals surface area contributed by atoms with Gasteiger partial charge in [0, 0.05) is 12.6 Å². The lowest BCUT2D eigenvalue weighted by molar-refractivity contribution is -0.862. The fourth-order valence-electron chi connectivity index (χ4n) is 2.92. The van der Waals surface area contributed by atoms with Crippen LogP contribution in [0.2, 0.25) is 0 Å². The number of amides is 1. The van der Waals surface area contributed by atoms with Crippen molar-refractivity contribution in [3.05, 3.63) is 30.1 Å². The van der Waals surface area contributed by atoms with Gasteiger partial charge in [-0.25, -0.2) is 4.48 Å². The topological polar surface area (TPSA) is 51.2 Å². The van der Waals surface area contributed by atoms with Crippen molar-refractivity contribution in [2.24, 2.45) is 0 Å². The molecule has 1 aromatic heterocycles. The lowest BCUT2D eigenvalue weighted by Crippen LogP contribution is -2.58. The first-order valence-corrected chi connectivity index (χ1v) is 6.37. The highest BCUT2D eigenvalue weighted by molar-refractivity contribution is 5.62. The molecule has 3 rings (SSSR count). The van der Waals surface area contributed by atoms with Crippen LogP contribution >= 0.6 is 0 Å². The Hall–Kier alpha value is -1.46. The summed E-state index contributed by atoms with van der Waals surface area (Å²) in [5.41, 5.74) is 0.933. The van der Waals surface area contributed by atoms with Crippen molar-refractivity contribution in [3.63, 3.8) is 0 Å². The molecular formula is C13H18N3O2+. The monoisotopic (exact) mass is 248 g/mol. The number of rotatable bonds is 2. The molecule has 1 amide bonds. The fourth-order valence-corrected chi connectivity index (χ4v) is 2.92. The predicted octanol–water partition coefficient (Wildman–Crippen LogP) is 0.909. The largest absolute Gasteiger partial charge is 0.517 e. The van der Waals surface area contributed by atoms with E-state index in [0.717, 1.165) is 25.2 Å². The highest BCUT2D eigenvalue weighted by atomic mass is 16.6. The van der Waals surface area contributed by atoms with Gasteiger partial charge in [0.15, 0.2) is 6.10 Å². The second-order valence-electron chi connectivity index (χ2n) is 5.23. The fraction of sp³-hybridized carbons (Fsp3) is 0.538. The van der Waals surface area contributed by atoms with Crippen LogP contribution in [0.25, 0.3) is 0 Å². The van der Waals surface area contributed by atoms with Gasteiger partial charge in [-0.05, 0) is 18.7 Å². The Balaban J connectivity index is 1.86. The summed E-state index contributed by atoms with van der Waals surface area (Å²) >= 11 is 0. The summed E-state index contributed by atoms with van der Waals surface area (Å²) in [6, 6.07) is 6.00. The van der Waals surface area contributed by atoms with Crippen LogP contribution in [-0.4, -0.2) is 47.8 Å². The maximum absolute atomic E-state index is 12.2. The number of carbonyl (C=O) groups excluding carboxylic acids is 1. The Bertz CT molecular complexity index is 451. The normalized spacial score (nSPS) is 35.1. The van der Waals surface area contributed by atoms with Gasteiger partial charge in [-0.15, -0.1) is 0 Å². The number of hydrogen-bond acceptors (Lipinski definition) is 4. The predicted molar refractivity (Wildman–Crippen MR) is 65.7 cm³/mol. The molecule has 0 radical (unpaired) electrons. The third kappa shape index (κ3) is 1.79. The Morgan fingerprint density at radius 3 is 3.22 bits per heavy atom. The van der Waals surface area contributed by atoms with E-state index in [-0.39, 0.29) is 18.2 Å². The number of nitrogens with one attached hydrogen (secondary N) is 1. The molecule has 5 nitrogen and oxygen atoms in total. The Labute approximate surface area is 106 Å². The molecule has 0 bridgehead atoms. The molecule has 0 spiro atoms. The van der Waals surface area contributed by atoms with Crippen molar-refractivity contribution in [2.75, 3.05) is 20.1 Å². The minimum absolute atomic E-state index is 0.0625. The maximum atomic E-state index is 12.2. The number of piperidine rings is 1. The van der Waals surface area contributed by atoms with Gasteiger partial charge in [-0.2, -0.15) is 4.79 Å². The molecule has 3 heterocycles. The first-order chi connectivity index (χ1) is 8.70. The van der Waals surface area contributed by atoms with E-state index in [9.17, 15) is 4.79 Å². The van der Waals surface area contributed by atoms with Gasteiger partial charge in [0.05, 0.1) is 19.3 Å². The van der Waals surface area contributed by atoms with E-state index in [2.05, 4.69) is 10.3 Å². The average Bonchev–Trinajstić information content (AvgIpc) is 2.63. The highest BCUT2D eigenvalue weighted by Gasteiger charge is 2.55. The number of quaternary nitrogens is 1. The van der Waals surface area contributed by atoms with Crippen LogP contribution in [-0.2, 0) is 11.3 Å². The van der Waals surface area contributed by atoms with Crippen LogP contribution in [0.5, 0.6) is 0 Å². The number of pyridine rings is 1. The van der Waals surface area contributed by atoms with Crippen LogP contribution in [0, 0.1) is 0 Å². The van der Waals surface area contributed by atoms with E-state index in [4.69, 9.17) is 4.74 Å². The van der Waals surface area contributed by atoms with E-state index >= 15 is 0 Å². The smallest absolute Gasteiger partial charge is 0.410 e. The van der Waals surface area contributed by atoms with Crippen molar-refractivity contribution >= 4 is 6.09 Å². The molecule has 3 unspecified atom stereocenters. The maximum Gasteiger partial charge on any atom is 0.517 e. The van der Waals surface area contributed by atoms with Crippen molar-refractivity contribution < 1.29 is 14.0 Å². The molecule has 1 N–H and O–H groups in total. The second-order valence-corrected chi connectivity index (χ2v) is 5.23. The summed E-state index contributed by atoms with van der Waals surface area (Å²) in [7, 11) is 1.95. The Morgan fingerprint density at radius 2 is 2.44 bits per heavy atom. The van der Waals surface area contributed by atoms with E-state index in [1.54, 1.807) is 6.20 Å². The van der Waals surface area contributed by atoms with Gasteiger partial charge in [-0.3, -0.25) is 4.98 Å². The number of ether oxygens (including phenoxy) is 1. The molecule has 5 heteroatoms. The number of likely N-dealkylation sites (N-methyl/N-ethyl adjacent to an activating group) is 1. The summed E-state index contributed by atoms with van der Waals surface area (Å²) in [5, 5.41) is 3.35. The zero-order valence-electron chi connectivity index (χ0n) is 10.5. The van der Waals surface area contributed by atoms with Gasteiger partial charge in [0.1, 0.15) is 12.6 Å². The molecule has 2 aliphatic rings. The summed E-state index contributed by atoms with van der Waals surface area (Å²) in [5.74, 6) is 0. The molecule has 2 fully saturated rings. The molecule has 2 saturated heterocycles. The zero-order valence-corrected chi connectivity index (χ0v) is 10.5. The van der Waals surface area contributed by atoms with Crippen LogP contribution < -0.4 is 5.32 Å². The van der Waals surface area contributed by atoms with E-state index in [1.807, 2.05) is 25.2 Å². The molecule has 0 aromatic carbocycles. The molecular weight excluding hydrogens is 230 g/mol. The van der Waals surface area contributed by atoms with Crippen LogP contribution in [0.4, 0.5) is 4.79 Å². The summed E-state index contributed by atoms with van der Waals surface area (Å²) in [4.78, 5) is 16.5. The third-order valence-corrected chi connectivity index (χ3v) is 4.01. The molecule has 96 valence electrons. The number of aromatic nitrogens is 1. The molecule has 18 heavy (non-hydrogen) atoms. The van der Waals surface area contributed by atoms with Crippen molar-refractivity contribution in [1.29, 1.82) is 0 Å². The van der Waals surface area contributed by atoms with Gasteiger partial charge < -0.3 is 10.1 Å². The zero-order chi connectivity index (χ0) is 12.6. The van der Waals surface area contributed by atoms with Crippen molar-refractivity contribution in [1.82, 2.24) is 10.3 Å². The minimum atomic E-state index is -0.126. The van der Waals surface area contributed by atoms with Crippen LogP contribution in [0.3, 0.4) is 0 Å². The molecule has 1 aromatic rings. The van der Waals surface area contributed by atoms with E-state index in [0.29, 0.717) is 11.0 Å². The third-order valence-electron chi connectivity index (χ3n) is 4.01. The SMILES string of the molecule is C[N+]1(Cc2ccccn2)C(=O)OC2CCNCC21. The van der Waals surface area contributed by atoms with Gasteiger partial charge in [0.2, 0.25) is 0 Å². The lowest BCUT2D eigenvalue weighted by atomic mass is 10.0. The van der Waals surface area contributed by atoms with Crippen LogP contribution in [0.1, 0.15) is 12.1 Å². The average molecular weight is 248 g/mol. The number of nitrogens with zero attached hydrogens (tertiary/aromatic N) is 2. The Kier molecular flexibility index (Phi) is 2.80. The number of carbonyl (C=O) groups is 1. The van der Waals surface area contributed by atoms with Crippen molar-refractivity contribution in [2.45, 2.75) is 25.1 Å². The first-order valence-electron chi connectivity index (χ1n) is 6.37. The minimum Gasteiger partial charge on any atom is -0.410 e. The standard InChI is InChI=1S/C13H18N3O2/c1-16(9-10-4-2-3-6-15-10)11-8-14-7-5-12(11)18-13(16)17/h2-4,6,11-12,14H,5,7-9H2,1H3/q+1. The van der Waals surface area contributed by atoms with E-state index < -0.39 is 0 Å². The van der Waals surface area contributed by atoms with Crippen molar-refractivity contribution in [3.8, 4) is 0 Å². The number of hydrogen-bond donors (Lipinski definition) is 1. The first kappa shape index (κ1) is 11.6. The van der Waals surface area contributed by atoms with E-state index in [1.165, 1.54) is 0 Å². The summed E-state index contributed by atoms with van der Waals surface area (Å²) in [6.07, 6.45) is 2.61. The van der Waals surface area contributed by atoms with Gasteiger partial charge >= 0.3 is 6.09 Å². The van der Waals surface area contributed by atoms with Gasteiger partial charge in [-0.1, -0.05) is 6.07 Å². The molecule has 0 saturated carbocycles. The second kappa shape index (κ2) is 4.33. The molecule has 0 aliphatic carbocycles. The molecule has 2 aliphatic heterocycles. The lowest BCUT2D eigenvalue weighted by Gasteiger charge is -2.33. The number of fused-ring (bicyclic) bond motifs is 1. The van der Waals surface area contributed by atoms with Crippen LogP contribution in [0.15, 0.2) is 24.4 Å². The summed E-state index contributed by atoms with van der Waals surface area (Å²) in [6.45, 7) is 2.36. The highest BCUT2D eigenvalue weighted by Crippen LogP contribution is 2.31. The Morgan fingerprint density at radius 1 is 1.56 bits per heavy atom. The van der Waals surface area contributed by atoms with Gasteiger partial charge in [0.25, 0.3) is 0 Å².